The number of hydrogen-bond acceptors (Lipinski definition) is 3. The second kappa shape index (κ2) is 6.56. The Morgan fingerprint density at radius 2 is 2.17 bits per heavy atom. The maximum atomic E-state index is 12.0. The van der Waals surface area contributed by atoms with Gasteiger partial charge in [-0.05, 0) is 18.9 Å². The smallest absolute Gasteiger partial charge is 0.252 e. The van der Waals surface area contributed by atoms with Crippen LogP contribution in [0.3, 0.4) is 0 Å². The molecule has 0 aliphatic rings. The molecular weight excluding hydrogens is 254 g/mol. The van der Waals surface area contributed by atoms with Crippen LogP contribution in [-0.4, -0.2) is 23.0 Å². The Morgan fingerprint density at radius 1 is 1.56 bits per heavy atom. The Labute approximate surface area is 113 Å². The number of amides is 1. The molecule has 0 aromatic carbocycles. The summed E-state index contributed by atoms with van der Waals surface area (Å²) in [5.41, 5.74) is 5.26. The Kier molecular flexibility index (Phi) is 6.08. The van der Waals surface area contributed by atoms with Gasteiger partial charge in [-0.2, -0.15) is 0 Å². The number of pyridine rings is 1. The molecule has 0 aliphatic heterocycles. The highest BCUT2D eigenvalue weighted by molar-refractivity contribution is 5.94. The quantitative estimate of drug-likeness (QED) is 0.762. The number of aromatic nitrogens is 1. The van der Waals surface area contributed by atoms with Crippen LogP contribution in [0.2, 0.25) is 0 Å². The number of hydrogen-bond donors (Lipinski definition) is 3. The highest BCUT2D eigenvalue weighted by Gasteiger charge is 2.28. The van der Waals surface area contributed by atoms with Crippen LogP contribution in [0.25, 0.3) is 0 Å². The van der Waals surface area contributed by atoms with Crippen LogP contribution >= 0.6 is 12.4 Å². The van der Waals surface area contributed by atoms with Crippen molar-refractivity contribution in [2.24, 2.45) is 11.7 Å². The zero-order valence-electron chi connectivity index (χ0n) is 10.8. The topological polar surface area (TPSA) is 88.0 Å². The Morgan fingerprint density at radius 3 is 2.61 bits per heavy atom. The van der Waals surface area contributed by atoms with E-state index in [-0.39, 0.29) is 29.8 Å². The van der Waals surface area contributed by atoms with Gasteiger partial charge in [0.2, 0.25) is 5.56 Å². The molecule has 0 bridgehead atoms. The van der Waals surface area contributed by atoms with Gasteiger partial charge >= 0.3 is 0 Å². The summed E-state index contributed by atoms with van der Waals surface area (Å²) in [6.45, 7) is 6.22. The predicted molar refractivity (Wildman–Crippen MR) is 74.1 cm³/mol. The van der Waals surface area contributed by atoms with E-state index in [4.69, 9.17) is 5.73 Å². The Balaban J connectivity index is 0.00000289. The van der Waals surface area contributed by atoms with E-state index in [1.165, 1.54) is 12.3 Å². The summed E-state index contributed by atoms with van der Waals surface area (Å²) in [5.74, 6) is -0.0730. The highest BCUT2D eigenvalue weighted by atomic mass is 35.5. The predicted octanol–water partition coefficient (Wildman–Crippen LogP) is 0.900. The van der Waals surface area contributed by atoms with Crippen LogP contribution in [0.5, 0.6) is 0 Å². The molecule has 4 N–H and O–H groups in total. The number of rotatable bonds is 4. The minimum absolute atomic E-state index is 0. The van der Waals surface area contributed by atoms with Gasteiger partial charge in [-0.3, -0.25) is 9.59 Å². The molecule has 0 aliphatic carbocycles. The Bertz CT molecular complexity index is 459. The number of halogens is 1. The fourth-order valence-corrected chi connectivity index (χ4v) is 1.35. The van der Waals surface area contributed by atoms with E-state index in [1.54, 1.807) is 6.07 Å². The molecule has 18 heavy (non-hydrogen) atoms. The van der Waals surface area contributed by atoms with Gasteiger partial charge in [0, 0.05) is 24.4 Å². The van der Waals surface area contributed by atoms with Crippen molar-refractivity contribution in [1.29, 1.82) is 0 Å². The van der Waals surface area contributed by atoms with E-state index < -0.39 is 5.54 Å². The van der Waals surface area contributed by atoms with E-state index >= 15 is 0 Å². The molecule has 1 unspecified atom stereocenters. The van der Waals surface area contributed by atoms with Gasteiger partial charge in [0.1, 0.15) is 0 Å². The van der Waals surface area contributed by atoms with Crippen molar-refractivity contribution in [3.05, 3.63) is 34.2 Å². The van der Waals surface area contributed by atoms with Crippen molar-refractivity contribution < 1.29 is 4.79 Å². The number of nitrogens with one attached hydrogen (secondary N) is 2. The maximum absolute atomic E-state index is 12.0. The number of nitrogens with two attached hydrogens (primary N) is 1. The van der Waals surface area contributed by atoms with Crippen LogP contribution in [-0.2, 0) is 0 Å². The van der Waals surface area contributed by atoms with Crippen LogP contribution < -0.4 is 16.6 Å². The van der Waals surface area contributed by atoms with Gasteiger partial charge < -0.3 is 16.0 Å². The molecule has 0 fully saturated rings. The molecule has 1 atom stereocenters. The molecule has 102 valence electrons. The van der Waals surface area contributed by atoms with Gasteiger partial charge in [0.15, 0.2) is 0 Å². The molecule has 0 saturated heterocycles. The minimum Gasteiger partial charge on any atom is -0.345 e. The van der Waals surface area contributed by atoms with Crippen molar-refractivity contribution in [1.82, 2.24) is 10.3 Å². The summed E-state index contributed by atoms with van der Waals surface area (Å²) in [7, 11) is 0. The van der Waals surface area contributed by atoms with Crippen LogP contribution in [0.1, 0.15) is 31.1 Å². The van der Waals surface area contributed by atoms with E-state index in [0.717, 1.165) is 0 Å². The fourth-order valence-electron chi connectivity index (χ4n) is 1.35. The number of carbonyl (C=O) groups excluding carboxylic acids is 1. The summed E-state index contributed by atoms with van der Waals surface area (Å²) in [5, 5.41) is 2.87. The molecule has 5 nitrogen and oxygen atoms in total. The summed E-state index contributed by atoms with van der Waals surface area (Å²) >= 11 is 0. The average molecular weight is 274 g/mol. The monoisotopic (exact) mass is 273 g/mol. The zero-order valence-corrected chi connectivity index (χ0v) is 11.6. The first-order valence-electron chi connectivity index (χ1n) is 5.60. The third kappa shape index (κ3) is 3.85. The molecule has 1 aromatic heterocycles. The van der Waals surface area contributed by atoms with Crippen LogP contribution in [0.4, 0.5) is 0 Å². The van der Waals surface area contributed by atoms with Crippen LogP contribution in [0, 0.1) is 5.92 Å². The number of carbonyl (C=O) groups is 1. The standard InChI is InChI=1S/C12H19N3O2.ClH/c1-8(2)12(3,7-13)15-11(17)9-4-5-14-10(16)6-9;/h4-6,8H,7,13H2,1-3H3,(H,14,16)(H,15,17);1H. The molecule has 1 heterocycles. The van der Waals surface area contributed by atoms with E-state index in [2.05, 4.69) is 10.3 Å². The van der Waals surface area contributed by atoms with Gasteiger partial charge in [-0.25, -0.2) is 0 Å². The van der Waals surface area contributed by atoms with Gasteiger partial charge in [0.25, 0.3) is 5.91 Å². The molecule has 6 heteroatoms. The second-order valence-corrected chi connectivity index (χ2v) is 4.67. The average Bonchev–Trinajstić information content (AvgIpc) is 2.28. The third-order valence-electron chi connectivity index (χ3n) is 3.13. The molecule has 1 aromatic rings. The lowest BCUT2D eigenvalue weighted by Gasteiger charge is -2.33. The van der Waals surface area contributed by atoms with Crippen molar-refractivity contribution in [3.63, 3.8) is 0 Å². The van der Waals surface area contributed by atoms with Crippen molar-refractivity contribution in [2.75, 3.05) is 6.54 Å². The van der Waals surface area contributed by atoms with Crippen molar-refractivity contribution >= 4 is 18.3 Å². The van der Waals surface area contributed by atoms with E-state index in [9.17, 15) is 9.59 Å². The lowest BCUT2D eigenvalue weighted by Crippen LogP contribution is -2.55. The van der Waals surface area contributed by atoms with E-state index in [0.29, 0.717) is 12.1 Å². The second-order valence-electron chi connectivity index (χ2n) is 4.67. The lowest BCUT2D eigenvalue weighted by atomic mass is 9.88. The zero-order chi connectivity index (χ0) is 13.1. The van der Waals surface area contributed by atoms with Crippen molar-refractivity contribution in [2.45, 2.75) is 26.3 Å². The van der Waals surface area contributed by atoms with E-state index in [1.807, 2.05) is 20.8 Å². The largest absolute Gasteiger partial charge is 0.345 e. The van der Waals surface area contributed by atoms with Gasteiger partial charge in [-0.1, -0.05) is 13.8 Å². The molecule has 0 saturated carbocycles. The van der Waals surface area contributed by atoms with Gasteiger partial charge in [-0.15, -0.1) is 12.4 Å². The van der Waals surface area contributed by atoms with Crippen LogP contribution in [0.15, 0.2) is 23.1 Å². The SMILES string of the molecule is CC(C)C(C)(CN)NC(=O)c1cc[nH]c(=O)c1.Cl. The first-order valence-corrected chi connectivity index (χ1v) is 5.60. The third-order valence-corrected chi connectivity index (χ3v) is 3.13. The molecule has 1 rings (SSSR count). The first kappa shape index (κ1) is 16.7. The summed E-state index contributed by atoms with van der Waals surface area (Å²) in [6, 6.07) is 2.83. The highest BCUT2D eigenvalue weighted by Crippen LogP contribution is 2.15. The molecule has 0 radical (unpaired) electrons. The summed E-state index contributed by atoms with van der Waals surface area (Å²) < 4.78 is 0. The molecular formula is C12H20ClN3O2. The lowest BCUT2D eigenvalue weighted by molar-refractivity contribution is 0.0883. The van der Waals surface area contributed by atoms with Crippen molar-refractivity contribution in [3.8, 4) is 0 Å². The maximum Gasteiger partial charge on any atom is 0.252 e. The Hall–Kier alpha value is -1.33. The molecule has 0 spiro atoms. The molecule has 1 amide bonds. The summed E-state index contributed by atoms with van der Waals surface area (Å²) in [6.07, 6.45) is 1.45. The van der Waals surface area contributed by atoms with Gasteiger partial charge in [0.05, 0.1) is 5.54 Å². The first-order chi connectivity index (χ1) is 7.89. The normalized spacial score (nSPS) is 13.6. The summed E-state index contributed by atoms with van der Waals surface area (Å²) in [4.78, 5) is 25.5. The fraction of sp³-hybridized carbons (Fsp3) is 0.500. The number of H-pyrrole nitrogens is 1. The number of aromatic amines is 1. The minimum atomic E-state index is -0.473.